The molecule has 1 fully saturated rings. The molecule has 0 aliphatic carbocycles. The van der Waals surface area contributed by atoms with Crippen molar-refractivity contribution >= 4 is 39.3 Å². The zero-order chi connectivity index (χ0) is 23.2. The third kappa shape index (κ3) is 3.42. The van der Waals surface area contributed by atoms with E-state index in [1.54, 1.807) is 41.7 Å². The van der Waals surface area contributed by atoms with Crippen LogP contribution in [0.2, 0.25) is 0 Å². The van der Waals surface area contributed by atoms with Gasteiger partial charge >= 0.3 is 0 Å². The molecule has 0 saturated carbocycles. The second-order valence-electron chi connectivity index (χ2n) is 8.57. The highest BCUT2D eigenvalue weighted by Crippen LogP contribution is 2.37. The molecule has 1 unspecified atom stereocenters. The first kappa shape index (κ1) is 20.8. The van der Waals surface area contributed by atoms with Crippen molar-refractivity contribution in [3.05, 3.63) is 88.3 Å². The molecule has 0 bridgehead atoms. The predicted octanol–water partition coefficient (Wildman–Crippen LogP) is 5.05. The van der Waals surface area contributed by atoms with Gasteiger partial charge in [-0.3, -0.25) is 19.3 Å². The summed E-state index contributed by atoms with van der Waals surface area (Å²) in [4.78, 5) is 47.2. The van der Waals surface area contributed by atoms with Crippen LogP contribution in [-0.4, -0.2) is 39.1 Å². The van der Waals surface area contributed by atoms with Gasteiger partial charge in [0.05, 0.1) is 40.2 Å². The van der Waals surface area contributed by atoms with Crippen LogP contribution in [0.4, 0.5) is 0 Å². The number of likely N-dealkylation sites (tertiary alicyclic amines) is 1. The summed E-state index contributed by atoms with van der Waals surface area (Å²) in [6, 6.07) is 16.1. The van der Waals surface area contributed by atoms with Crippen molar-refractivity contribution in [2.45, 2.75) is 31.8 Å². The van der Waals surface area contributed by atoms with Gasteiger partial charge in [-0.15, -0.1) is 11.3 Å². The maximum Gasteiger partial charge on any atom is 0.261 e. The predicted molar refractivity (Wildman–Crippen MR) is 127 cm³/mol. The van der Waals surface area contributed by atoms with Crippen LogP contribution in [0.3, 0.4) is 0 Å². The van der Waals surface area contributed by atoms with E-state index < -0.39 is 5.91 Å². The number of amides is 3. The zero-order valence-corrected chi connectivity index (χ0v) is 19.1. The molecular formula is C26H21N3O4S. The van der Waals surface area contributed by atoms with Crippen LogP contribution in [0, 0.1) is 0 Å². The third-order valence-electron chi connectivity index (χ3n) is 6.47. The molecule has 0 spiro atoms. The molecule has 4 heterocycles. The first-order valence-corrected chi connectivity index (χ1v) is 12.1. The summed E-state index contributed by atoms with van der Waals surface area (Å²) in [6.45, 7) is 0.697. The number of hydrogen-bond donors (Lipinski definition) is 0. The summed E-state index contributed by atoms with van der Waals surface area (Å²) in [6.07, 6.45) is 4.31. The standard InChI is InChI=1S/C26H21N3O4S/c30-24(28-12-4-3-8-21(28)23-27-20-7-1-2-9-22(20)34-23)16-10-11-18-19(14-16)26(32)29(25(18)31)15-17-6-5-13-33-17/h1-2,5-7,9-11,13-14,21H,3-4,8,12,15H2. The summed E-state index contributed by atoms with van der Waals surface area (Å²) in [5.41, 5.74) is 1.93. The highest BCUT2D eigenvalue weighted by molar-refractivity contribution is 7.18. The Labute approximate surface area is 199 Å². The molecule has 2 aliphatic rings. The second-order valence-corrected chi connectivity index (χ2v) is 9.63. The van der Waals surface area contributed by atoms with E-state index in [2.05, 4.69) is 0 Å². The van der Waals surface area contributed by atoms with Crippen molar-refractivity contribution < 1.29 is 18.8 Å². The topological polar surface area (TPSA) is 83.7 Å². The second kappa shape index (κ2) is 8.22. The number of thiazole rings is 1. The molecule has 2 aromatic carbocycles. The zero-order valence-electron chi connectivity index (χ0n) is 18.3. The lowest BCUT2D eigenvalue weighted by atomic mass is 9.99. The summed E-state index contributed by atoms with van der Waals surface area (Å²) < 4.78 is 6.40. The van der Waals surface area contributed by atoms with Gasteiger partial charge in [0.25, 0.3) is 17.7 Å². The van der Waals surface area contributed by atoms with Crippen molar-refractivity contribution in [1.29, 1.82) is 0 Å². The highest BCUT2D eigenvalue weighted by Gasteiger charge is 2.37. The van der Waals surface area contributed by atoms with Gasteiger partial charge in [0, 0.05) is 12.1 Å². The van der Waals surface area contributed by atoms with Gasteiger partial charge in [-0.25, -0.2) is 4.98 Å². The van der Waals surface area contributed by atoms with Crippen LogP contribution in [0.1, 0.15) is 67.1 Å². The Kier molecular flexibility index (Phi) is 5.03. The Hall–Kier alpha value is -3.78. The highest BCUT2D eigenvalue weighted by atomic mass is 32.1. The number of imide groups is 1. The first-order chi connectivity index (χ1) is 16.6. The van der Waals surface area contributed by atoms with Gasteiger partial charge in [0.2, 0.25) is 0 Å². The largest absolute Gasteiger partial charge is 0.467 e. The van der Waals surface area contributed by atoms with E-state index in [0.717, 1.165) is 39.4 Å². The lowest BCUT2D eigenvalue weighted by Crippen LogP contribution is -2.38. The minimum absolute atomic E-state index is 0.0639. The number of furan rings is 1. The molecule has 2 aromatic heterocycles. The van der Waals surface area contributed by atoms with E-state index in [1.165, 1.54) is 6.26 Å². The number of nitrogens with zero attached hydrogens (tertiary/aromatic N) is 3. The van der Waals surface area contributed by atoms with Gasteiger partial charge in [0.1, 0.15) is 10.8 Å². The van der Waals surface area contributed by atoms with Gasteiger partial charge < -0.3 is 9.32 Å². The molecule has 0 N–H and O–H groups in total. The monoisotopic (exact) mass is 471 g/mol. The Morgan fingerprint density at radius 3 is 2.71 bits per heavy atom. The van der Waals surface area contributed by atoms with Crippen LogP contribution in [-0.2, 0) is 6.54 Å². The number of para-hydroxylation sites is 1. The maximum atomic E-state index is 13.6. The lowest BCUT2D eigenvalue weighted by Gasteiger charge is -2.34. The number of benzene rings is 2. The van der Waals surface area contributed by atoms with Gasteiger partial charge in [-0.05, 0) is 61.7 Å². The molecule has 0 radical (unpaired) electrons. The van der Waals surface area contributed by atoms with Gasteiger partial charge in [-0.2, -0.15) is 0 Å². The molecule has 1 saturated heterocycles. The number of carbonyl (C=O) groups is 3. The van der Waals surface area contributed by atoms with Crippen molar-refractivity contribution in [2.24, 2.45) is 0 Å². The van der Waals surface area contributed by atoms with E-state index in [4.69, 9.17) is 9.40 Å². The maximum absolute atomic E-state index is 13.6. The number of rotatable bonds is 4. The summed E-state index contributed by atoms with van der Waals surface area (Å²) in [7, 11) is 0. The van der Waals surface area contributed by atoms with Gasteiger partial charge in [-0.1, -0.05) is 12.1 Å². The van der Waals surface area contributed by atoms with E-state index in [-0.39, 0.29) is 30.0 Å². The van der Waals surface area contributed by atoms with Gasteiger partial charge in [0.15, 0.2) is 0 Å². The number of aromatic nitrogens is 1. The molecule has 170 valence electrons. The fourth-order valence-corrected chi connectivity index (χ4v) is 5.87. The Bertz CT molecular complexity index is 1390. The molecule has 7 nitrogen and oxygen atoms in total. The fourth-order valence-electron chi connectivity index (χ4n) is 4.76. The minimum atomic E-state index is -0.410. The Morgan fingerprint density at radius 1 is 1.03 bits per heavy atom. The smallest absolute Gasteiger partial charge is 0.261 e. The molecule has 6 rings (SSSR count). The van der Waals surface area contributed by atoms with Crippen LogP contribution in [0.15, 0.2) is 65.3 Å². The van der Waals surface area contributed by atoms with Crippen LogP contribution in [0.25, 0.3) is 10.2 Å². The van der Waals surface area contributed by atoms with E-state index in [0.29, 0.717) is 23.4 Å². The summed E-state index contributed by atoms with van der Waals surface area (Å²) in [5.74, 6) is -0.401. The number of hydrogen-bond acceptors (Lipinski definition) is 6. The fraction of sp³-hybridized carbons (Fsp3) is 0.231. The van der Waals surface area contributed by atoms with E-state index in [1.807, 2.05) is 29.2 Å². The van der Waals surface area contributed by atoms with E-state index >= 15 is 0 Å². The Balaban J connectivity index is 1.29. The van der Waals surface area contributed by atoms with Crippen LogP contribution < -0.4 is 0 Å². The molecule has 4 aromatic rings. The average Bonchev–Trinajstić information content (AvgIpc) is 3.59. The van der Waals surface area contributed by atoms with Crippen LogP contribution in [0.5, 0.6) is 0 Å². The van der Waals surface area contributed by atoms with E-state index in [9.17, 15) is 14.4 Å². The summed E-state index contributed by atoms with van der Waals surface area (Å²) >= 11 is 1.62. The number of piperidine rings is 1. The molecule has 1 atom stereocenters. The summed E-state index contributed by atoms with van der Waals surface area (Å²) in [5, 5.41) is 0.936. The molecule has 8 heteroatoms. The number of carbonyl (C=O) groups excluding carboxylic acids is 3. The minimum Gasteiger partial charge on any atom is -0.467 e. The average molecular weight is 472 g/mol. The molecule has 34 heavy (non-hydrogen) atoms. The molecule has 2 aliphatic heterocycles. The third-order valence-corrected chi connectivity index (χ3v) is 7.61. The normalized spacial score (nSPS) is 18.1. The first-order valence-electron chi connectivity index (χ1n) is 11.3. The molecular weight excluding hydrogens is 450 g/mol. The number of fused-ring (bicyclic) bond motifs is 2. The van der Waals surface area contributed by atoms with Crippen molar-refractivity contribution in [3.63, 3.8) is 0 Å². The molecule has 3 amide bonds. The quantitative estimate of drug-likeness (QED) is 0.389. The van der Waals surface area contributed by atoms with Crippen LogP contribution >= 0.6 is 11.3 Å². The lowest BCUT2D eigenvalue weighted by molar-refractivity contribution is 0.0609. The van der Waals surface area contributed by atoms with Crippen molar-refractivity contribution in [2.75, 3.05) is 6.54 Å². The Morgan fingerprint density at radius 2 is 1.88 bits per heavy atom. The SMILES string of the molecule is O=C1c2ccc(C(=O)N3CCCCC3c3nc4ccccc4s3)cc2C(=O)N1Cc1ccco1. The van der Waals surface area contributed by atoms with Crippen molar-refractivity contribution in [1.82, 2.24) is 14.8 Å². The van der Waals surface area contributed by atoms with Crippen molar-refractivity contribution in [3.8, 4) is 0 Å².